The summed E-state index contributed by atoms with van der Waals surface area (Å²) in [6, 6.07) is 5.28. The average molecular weight is 229 g/mol. The van der Waals surface area contributed by atoms with Crippen LogP contribution in [0.1, 0.15) is 29.2 Å². The number of alkyl halides is 3. The largest absolute Gasteiger partial charge is 0.416 e. The molecule has 86 valence electrons. The highest BCUT2D eigenvalue weighted by Gasteiger charge is 2.32. The van der Waals surface area contributed by atoms with Gasteiger partial charge < -0.3 is 5.11 Å². The minimum absolute atomic E-state index is 0.0976. The molecule has 0 aliphatic heterocycles. The van der Waals surface area contributed by atoms with Crippen molar-refractivity contribution < 1.29 is 18.3 Å². The van der Waals surface area contributed by atoms with Crippen molar-refractivity contribution in [2.75, 3.05) is 0 Å². The Morgan fingerprint density at radius 3 is 2.56 bits per heavy atom. The van der Waals surface area contributed by atoms with E-state index in [1.54, 1.807) is 6.07 Å². The zero-order chi connectivity index (χ0) is 12.3. The molecule has 0 saturated carbocycles. The van der Waals surface area contributed by atoms with E-state index in [1.165, 1.54) is 19.1 Å². The first-order valence-electron chi connectivity index (χ1n) is 4.59. The van der Waals surface area contributed by atoms with Gasteiger partial charge in [0.25, 0.3) is 0 Å². The maximum Gasteiger partial charge on any atom is 0.416 e. The van der Waals surface area contributed by atoms with Crippen LogP contribution < -0.4 is 0 Å². The summed E-state index contributed by atoms with van der Waals surface area (Å²) in [5.41, 5.74) is -0.568. The van der Waals surface area contributed by atoms with Crippen molar-refractivity contribution in [2.24, 2.45) is 0 Å². The van der Waals surface area contributed by atoms with Crippen molar-refractivity contribution >= 4 is 0 Å². The molecule has 0 spiro atoms. The summed E-state index contributed by atoms with van der Waals surface area (Å²) >= 11 is 0. The highest BCUT2D eigenvalue weighted by Crippen LogP contribution is 2.33. The summed E-state index contributed by atoms with van der Waals surface area (Å²) in [5, 5.41) is 17.8. The Balaban J connectivity index is 3.13. The van der Waals surface area contributed by atoms with Gasteiger partial charge in [0.05, 0.1) is 24.2 Å². The van der Waals surface area contributed by atoms with Crippen molar-refractivity contribution in [1.29, 1.82) is 5.26 Å². The molecule has 1 unspecified atom stereocenters. The van der Waals surface area contributed by atoms with Gasteiger partial charge in [0, 0.05) is 0 Å². The van der Waals surface area contributed by atoms with Crippen molar-refractivity contribution in [2.45, 2.75) is 25.6 Å². The van der Waals surface area contributed by atoms with Gasteiger partial charge in [-0.25, -0.2) is 0 Å². The number of aryl methyl sites for hydroxylation is 1. The molecule has 0 aliphatic rings. The maximum atomic E-state index is 12.5. The van der Waals surface area contributed by atoms with Crippen LogP contribution in [0.3, 0.4) is 0 Å². The molecule has 2 nitrogen and oxygen atoms in total. The minimum Gasteiger partial charge on any atom is -0.387 e. The Labute approximate surface area is 90.9 Å². The van der Waals surface area contributed by atoms with Crippen LogP contribution in [0, 0.1) is 18.3 Å². The smallest absolute Gasteiger partial charge is 0.387 e. The van der Waals surface area contributed by atoms with E-state index in [0.29, 0.717) is 0 Å². The summed E-state index contributed by atoms with van der Waals surface area (Å²) < 4.78 is 37.6. The molecule has 0 heterocycles. The topological polar surface area (TPSA) is 44.0 Å². The first-order valence-corrected chi connectivity index (χ1v) is 4.59. The molecule has 0 fully saturated rings. The minimum atomic E-state index is -4.44. The Hall–Kier alpha value is -1.54. The van der Waals surface area contributed by atoms with E-state index in [0.717, 1.165) is 6.07 Å². The van der Waals surface area contributed by atoms with Gasteiger partial charge in [-0.2, -0.15) is 18.4 Å². The second-order valence-electron chi connectivity index (χ2n) is 3.45. The fourth-order valence-corrected chi connectivity index (χ4v) is 1.36. The zero-order valence-electron chi connectivity index (χ0n) is 8.54. The standard InChI is InChI=1S/C11H10F3NO/c1-7-2-3-8(10(16)4-5-15)6-9(7)11(12,13)14/h2-3,6,10,16H,4H2,1H3. The lowest BCUT2D eigenvalue weighted by Gasteiger charge is -2.13. The molecule has 0 bridgehead atoms. The van der Waals surface area contributed by atoms with Gasteiger partial charge in [0.1, 0.15) is 0 Å². The van der Waals surface area contributed by atoms with E-state index in [4.69, 9.17) is 5.26 Å². The van der Waals surface area contributed by atoms with E-state index in [2.05, 4.69) is 0 Å². The Morgan fingerprint density at radius 1 is 1.44 bits per heavy atom. The van der Waals surface area contributed by atoms with Gasteiger partial charge in [-0.3, -0.25) is 0 Å². The molecule has 0 aliphatic carbocycles. The second kappa shape index (κ2) is 4.54. The zero-order valence-corrected chi connectivity index (χ0v) is 8.54. The van der Waals surface area contributed by atoms with Crippen molar-refractivity contribution in [3.8, 4) is 6.07 Å². The van der Waals surface area contributed by atoms with Gasteiger partial charge in [-0.15, -0.1) is 0 Å². The van der Waals surface area contributed by atoms with Gasteiger partial charge in [0.15, 0.2) is 0 Å². The van der Waals surface area contributed by atoms with Crippen LogP contribution >= 0.6 is 0 Å². The van der Waals surface area contributed by atoms with E-state index in [-0.39, 0.29) is 17.5 Å². The lowest BCUT2D eigenvalue weighted by molar-refractivity contribution is -0.138. The van der Waals surface area contributed by atoms with Crippen LogP contribution in [0.15, 0.2) is 18.2 Å². The molecular formula is C11H10F3NO. The first-order chi connectivity index (χ1) is 7.36. The Morgan fingerprint density at radius 2 is 2.06 bits per heavy atom. The SMILES string of the molecule is Cc1ccc(C(O)CC#N)cc1C(F)(F)F. The molecule has 1 rings (SSSR count). The summed E-state index contributed by atoms with van der Waals surface area (Å²) in [6.07, 6.45) is -5.83. The van der Waals surface area contributed by atoms with Crippen LogP contribution in [0.5, 0.6) is 0 Å². The molecule has 0 saturated heterocycles. The number of rotatable bonds is 2. The lowest BCUT2D eigenvalue weighted by atomic mass is 10.00. The summed E-state index contributed by atoms with van der Waals surface area (Å²) in [7, 11) is 0. The molecule has 1 N–H and O–H groups in total. The van der Waals surface area contributed by atoms with E-state index < -0.39 is 17.8 Å². The molecule has 16 heavy (non-hydrogen) atoms. The van der Waals surface area contributed by atoms with Crippen LogP contribution in [0.25, 0.3) is 0 Å². The number of nitrogens with zero attached hydrogens (tertiary/aromatic N) is 1. The van der Waals surface area contributed by atoms with E-state index >= 15 is 0 Å². The third-order valence-electron chi connectivity index (χ3n) is 2.24. The number of benzene rings is 1. The predicted molar refractivity (Wildman–Crippen MR) is 51.4 cm³/mol. The number of aliphatic hydroxyl groups is 1. The lowest BCUT2D eigenvalue weighted by Crippen LogP contribution is -2.09. The molecule has 5 heteroatoms. The van der Waals surface area contributed by atoms with E-state index in [9.17, 15) is 18.3 Å². The quantitative estimate of drug-likeness (QED) is 0.847. The van der Waals surface area contributed by atoms with Crippen molar-refractivity contribution in [1.82, 2.24) is 0 Å². The summed E-state index contributed by atoms with van der Waals surface area (Å²) in [4.78, 5) is 0. The maximum absolute atomic E-state index is 12.5. The number of aliphatic hydroxyl groups excluding tert-OH is 1. The second-order valence-corrected chi connectivity index (χ2v) is 3.45. The first kappa shape index (κ1) is 12.5. The Kier molecular flexibility index (Phi) is 3.55. The fraction of sp³-hybridized carbons (Fsp3) is 0.364. The normalized spacial score (nSPS) is 13.2. The highest BCUT2D eigenvalue weighted by molar-refractivity contribution is 5.34. The molecule has 1 aromatic carbocycles. The molecule has 1 aromatic rings. The monoisotopic (exact) mass is 229 g/mol. The van der Waals surface area contributed by atoms with Gasteiger partial charge in [0.2, 0.25) is 0 Å². The van der Waals surface area contributed by atoms with Gasteiger partial charge >= 0.3 is 6.18 Å². The number of nitriles is 1. The molecular weight excluding hydrogens is 219 g/mol. The predicted octanol–water partition coefficient (Wildman–Crippen LogP) is 2.96. The fourth-order valence-electron chi connectivity index (χ4n) is 1.36. The van der Waals surface area contributed by atoms with Crippen LogP contribution in [0.2, 0.25) is 0 Å². The Bertz CT molecular complexity index is 420. The van der Waals surface area contributed by atoms with E-state index in [1.807, 2.05) is 0 Å². The number of hydrogen-bond acceptors (Lipinski definition) is 2. The average Bonchev–Trinajstić information content (AvgIpc) is 2.16. The number of halogens is 3. The third-order valence-corrected chi connectivity index (χ3v) is 2.24. The number of hydrogen-bond donors (Lipinski definition) is 1. The van der Waals surface area contributed by atoms with Crippen LogP contribution in [-0.4, -0.2) is 5.11 Å². The van der Waals surface area contributed by atoms with Gasteiger partial charge in [-0.1, -0.05) is 12.1 Å². The molecule has 0 aromatic heterocycles. The van der Waals surface area contributed by atoms with Crippen LogP contribution in [-0.2, 0) is 6.18 Å². The van der Waals surface area contributed by atoms with Gasteiger partial charge in [-0.05, 0) is 24.1 Å². The molecule has 0 radical (unpaired) electrons. The summed E-state index contributed by atoms with van der Waals surface area (Å²) in [5.74, 6) is 0. The van der Waals surface area contributed by atoms with Crippen LogP contribution in [0.4, 0.5) is 13.2 Å². The third kappa shape index (κ3) is 2.74. The molecule has 1 atom stereocenters. The van der Waals surface area contributed by atoms with Crippen molar-refractivity contribution in [3.05, 3.63) is 34.9 Å². The summed E-state index contributed by atoms with van der Waals surface area (Å²) in [6.45, 7) is 1.35. The highest BCUT2D eigenvalue weighted by atomic mass is 19.4. The van der Waals surface area contributed by atoms with Crippen molar-refractivity contribution in [3.63, 3.8) is 0 Å². The molecule has 0 amide bonds.